The summed E-state index contributed by atoms with van der Waals surface area (Å²) in [6.45, 7) is 3.60. The van der Waals surface area contributed by atoms with E-state index < -0.39 is 28.5 Å². The van der Waals surface area contributed by atoms with Gasteiger partial charge in [-0.25, -0.2) is 9.18 Å². The van der Waals surface area contributed by atoms with E-state index >= 15 is 0 Å². The third kappa shape index (κ3) is 5.35. The fourth-order valence-corrected chi connectivity index (χ4v) is 2.74. The molecule has 1 atom stereocenters. The molecular formula is C20H21FN2O5. The van der Waals surface area contributed by atoms with Crippen LogP contribution in [0.25, 0.3) is 0 Å². The summed E-state index contributed by atoms with van der Waals surface area (Å²) in [5.74, 6) is -2.01. The monoisotopic (exact) mass is 388 g/mol. The van der Waals surface area contributed by atoms with E-state index in [4.69, 9.17) is 4.74 Å². The van der Waals surface area contributed by atoms with Crippen molar-refractivity contribution in [2.24, 2.45) is 5.92 Å². The first kappa shape index (κ1) is 21.0. The summed E-state index contributed by atoms with van der Waals surface area (Å²) in [4.78, 5) is 35.2. The molecule has 1 N–H and O–H groups in total. The second-order valence-corrected chi connectivity index (χ2v) is 6.14. The lowest BCUT2D eigenvalue weighted by molar-refractivity contribution is -0.383. The Morgan fingerprint density at radius 3 is 2.57 bits per heavy atom. The highest BCUT2D eigenvalue weighted by Gasteiger charge is 2.23. The van der Waals surface area contributed by atoms with E-state index in [0.29, 0.717) is 12.0 Å². The second-order valence-electron chi connectivity index (χ2n) is 6.14. The van der Waals surface area contributed by atoms with Crippen molar-refractivity contribution in [1.29, 1.82) is 0 Å². The first-order chi connectivity index (χ1) is 13.3. The Balaban J connectivity index is 2.25. The van der Waals surface area contributed by atoms with E-state index in [0.717, 1.165) is 6.07 Å². The lowest BCUT2D eigenvalue weighted by atomic mass is 9.96. The number of ether oxygens (including phenoxy) is 1. The van der Waals surface area contributed by atoms with Crippen molar-refractivity contribution in [3.05, 3.63) is 69.5 Å². The number of nitro benzene ring substituents is 1. The number of nitrogens with one attached hydrogen (secondary N) is 1. The molecule has 0 aliphatic carbocycles. The zero-order chi connectivity index (χ0) is 20.7. The predicted octanol–water partition coefficient (Wildman–Crippen LogP) is 4.12. The van der Waals surface area contributed by atoms with Crippen molar-refractivity contribution in [3.8, 4) is 0 Å². The first-order valence-corrected chi connectivity index (χ1v) is 8.86. The minimum Gasteiger partial charge on any atom is -0.462 e. The van der Waals surface area contributed by atoms with Crippen molar-refractivity contribution < 1.29 is 23.6 Å². The minimum atomic E-state index is -0.641. The molecule has 1 amide bonds. The highest BCUT2D eigenvalue weighted by molar-refractivity contribution is 5.97. The van der Waals surface area contributed by atoms with Crippen LogP contribution in [-0.2, 0) is 16.0 Å². The first-order valence-electron chi connectivity index (χ1n) is 8.86. The van der Waals surface area contributed by atoms with Crippen molar-refractivity contribution in [3.63, 3.8) is 0 Å². The molecule has 0 aromatic heterocycles. The fourth-order valence-electron chi connectivity index (χ4n) is 2.74. The lowest BCUT2D eigenvalue weighted by Crippen LogP contribution is -2.25. The van der Waals surface area contributed by atoms with Crippen LogP contribution >= 0.6 is 0 Å². The Morgan fingerprint density at radius 1 is 1.21 bits per heavy atom. The zero-order valence-electron chi connectivity index (χ0n) is 15.6. The molecule has 0 aliphatic heterocycles. The van der Waals surface area contributed by atoms with Crippen LogP contribution in [0.1, 0.15) is 36.2 Å². The van der Waals surface area contributed by atoms with Gasteiger partial charge < -0.3 is 10.1 Å². The molecule has 2 aromatic carbocycles. The molecule has 0 fully saturated rings. The summed E-state index contributed by atoms with van der Waals surface area (Å²) in [6, 6.07) is 9.58. The van der Waals surface area contributed by atoms with Gasteiger partial charge in [0.05, 0.1) is 17.1 Å². The van der Waals surface area contributed by atoms with E-state index in [1.807, 2.05) is 0 Å². The number of anilines is 1. The van der Waals surface area contributed by atoms with Gasteiger partial charge in [-0.3, -0.25) is 14.9 Å². The summed E-state index contributed by atoms with van der Waals surface area (Å²) in [5.41, 5.74) is 0.331. The Kier molecular flexibility index (Phi) is 7.20. The molecular weight excluding hydrogens is 367 g/mol. The molecule has 28 heavy (non-hydrogen) atoms. The van der Waals surface area contributed by atoms with E-state index in [1.54, 1.807) is 26.0 Å². The molecule has 0 spiro atoms. The van der Waals surface area contributed by atoms with Crippen LogP contribution in [0, 0.1) is 21.8 Å². The zero-order valence-corrected chi connectivity index (χ0v) is 15.6. The molecule has 2 aromatic rings. The maximum Gasteiger partial charge on any atom is 0.338 e. The molecule has 0 bridgehead atoms. The Hall–Kier alpha value is -3.29. The van der Waals surface area contributed by atoms with Crippen LogP contribution in [0.4, 0.5) is 15.8 Å². The van der Waals surface area contributed by atoms with Crippen molar-refractivity contribution in [2.45, 2.75) is 26.7 Å². The number of halogens is 1. The van der Waals surface area contributed by atoms with E-state index in [1.165, 1.54) is 24.3 Å². The van der Waals surface area contributed by atoms with E-state index in [9.17, 15) is 24.1 Å². The Labute approximate surface area is 161 Å². The largest absolute Gasteiger partial charge is 0.462 e. The van der Waals surface area contributed by atoms with Gasteiger partial charge in [0, 0.05) is 12.0 Å². The van der Waals surface area contributed by atoms with Gasteiger partial charge in [0.25, 0.3) is 5.69 Å². The molecule has 0 heterocycles. The quantitative estimate of drug-likeness (QED) is 0.417. The number of hydrogen-bond donors (Lipinski definition) is 1. The summed E-state index contributed by atoms with van der Waals surface area (Å²) in [6.07, 6.45) is 0.735. The van der Waals surface area contributed by atoms with Crippen molar-refractivity contribution >= 4 is 23.3 Å². The van der Waals surface area contributed by atoms with Gasteiger partial charge in [-0.05, 0) is 49.6 Å². The number of nitrogens with zero attached hydrogens (tertiary/aromatic N) is 1. The lowest BCUT2D eigenvalue weighted by Gasteiger charge is -2.16. The molecule has 148 valence electrons. The van der Waals surface area contributed by atoms with Gasteiger partial charge in [-0.15, -0.1) is 0 Å². The van der Waals surface area contributed by atoms with Crippen LogP contribution in [0.3, 0.4) is 0 Å². The Morgan fingerprint density at radius 2 is 1.96 bits per heavy atom. The van der Waals surface area contributed by atoms with Crippen molar-refractivity contribution in [2.75, 3.05) is 11.9 Å². The van der Waals surface area contributed by atoms with Gasteiger partial charge in [-0.1, -0.05) is 19.1 Å². The van der Waals surface area contributed by atoms with Crippen molar-refractivity contribution in [1.82, 2.24) is 0 Å². The molecule has 0 saturated heterocycles. The van der Waals surface area contributed by atoms with Gasteiger partial charge in [-0.2, -0.15) is 0 Å². The summed E-state index contributed by atoms with van der Waals surface area (Å²) < 4.78 is 18.3. The number of carbonyl (C=O) groups excluding carboxylic acids is 2. The topological polar surface area (TPSA) is 98.5 Å². The highest BCUT2D eigenvalue weighted by atomic mass is 19.1. The third-order valence-corrected chi connectivity index (χ3v) is 4.20. The van der Waals surface area contributed by atoms with Gasteiger partial charge in [0.1, 0.15) is 11.5 Å². The number of hydrogen-bond acceptors (Lipinski definition) is 5. The van der Waals surface area contributed by atoms with Gasteiger partial charge in [0.15, 0.2) is 0 Å². The second kappa shape index (κ2) is 9.59. The molecule has 0 saturated carbocycles. The SMILES string of the molecule is CCOC(=O)c1ccc([N+](=O)[O-])c(NC(=O)C(CC)Cc2cccc(F)c2)c1. The average Bonchev–Trinajstić information content (AvgIpc) is 2.66. The fraction of sp³-hybridized carbons (Fsp3) is 0.300. The smallest absolute Gasteiger partial charge is 0.338 e. The predicted molar refractivity (Wildman–Crippen MR) is 102 cm³/mol. The van der Waals surface area contributed by atoms with Crippen LogP contribution in [0.2, 0.25) is 0 Å². The summed E-state index contributed by atoms with van der Waals surface area (Å²) >= 11 is 0. The standard InChI is InChI=1S/C20H21FN2O5/c1-3-14(10-13-6-5-7-16(21)11-13)19(24)22-17-12-15(20(25)28-4-2)8-9-18(17)23(26)27/h5-9,11-12,14H,3-4,10H2,1-2H3,(H,22,24). The van der Waals surface area contributed by atoms with Gasteiger partial charge in [0.2, 0.25) is 5.91 Å². The summed E-state index contributed by atoms with van der Waals surface area (Å²) in [7, 11) is 0. The maximum absolute atomic E-state index is 13.4. The molecule has 8 heteroatoms. The molecule has 2 rings (SSSR count). The van der Waals surface area contributed by atoms with Crippen LogP contribution < -0.4 is 5.32 Å². The number of amides is 1. The van der Waals surface area contributed by atoms with E-state index in [2.05, 4.69) is 5.32 Å². The average molecular weight is 388 g/mol. The van der Waals surface area contributed by atoms with Crippen LogP contribution in [0.5, 0.6) is 0 Å². The normalized spacial score (nSPS) is 11.5. The molecule has 1 unspecified atom stereocenters. The summed E-state index contributed by atoms with van der Waals surface area (Å²) in [5, 5.41) is 13.8. The number of esters is 1. The number of rotatable bonds is 8. The van der Waals surface area contributed by atoms with Crippen LogP contribution in [0.15, 0.2) is 42.5 Å². The molecule has 0 aliphatic rings. The van der Waals surface area contributed by atoms with Gasteiger partial charge >= 0.3 is 5.97 Å². The van der Waals surface area contributed by atoms with E-state index in [-0.39, 0.29) is 30.0 Å². The minimum absolute atomic E-state index is 0.0850. The molecule has 0 radical (unpaired) electrons. The Bertz CT molecular complexity index is 885. The van der Waals surface area contributed by atoms with Crippen LogP contribution in [-0.4, -0.2) is 23.4 Å². The molecule has 7 nitrogen and oxygen atoms in total. The maximum atomic E-state index is 13.4. The number of benzene rings is 2. The third-order valence-electron chi connectivity index (χ3n) is 4.20. The number of nitro groups is 1. The number of carbonyl (C=O) groups is 2. The highest BCUT2D eigenvalue weighted by Crippen LogP contribution is 2.27.